The third kappa shape index (κ3) is 2.16. The van der Waals surface area contributed by atoms with E-state index in [9.17, 15) is 8.42 Å². The third-order valence-electron chi connectivity index (χ3n) is 2.28. The Morgan fingerprint density at radius 2 is 2.17 bits per heavy atom. The van der Waals surface area contributed by atoms with E-state index >= 15 is 0 Å². The summed E-state index contributed by atoms with van der Waals surface area (Å²) >= 11 is 1.10. The molecule has 0 aliphatic heterocycles. The maximum atomic E-state index is 12.4. The summed E-state index contributed by atoms with van der Waals surface area (Å²) in [6.07, 6.45) is 4.31. The van der Waals surface area contributed by atoms with Crippen molar-refractivity contribution >= 4 is 27.2 Å². The van der Waals surface area contributed by atoms with Crippen LogP contribution in [-0.2, 0) is 10.0 Å². The molecule has 0 fully saturated rings. The maximum absolute atomic E-state index is 12.4. The second-order valence-electron chi connectivity index (χ2n) is 3.31. The first-order chi connectivity index (χ1) is 8.57. The molecule has 0 aliphatic carbocycles. The number of anilines is 1. The summed E-state index contributed by atoms with van der Waals surface area (Å²) in [6.45, 7) is 0. The van der Waals surface area contributed by atoms with Crippen LogP contribution in [0, 0.1) is 0 Å². The van der Waals surface area contributed by atoms with Gasteiger partial charge in [-0.1, -0.05) is 0 Å². The zero-order chi connectivity index (χ0) is 13.2. The smallest absolute Gasteiger partial charge is 0.278 e. The van der Waals surface area contributed by atoms with Crippen LogP contribution in [0.25, 0.3) is 0 Å². The summed E-state index contributed by atoms with van der Waals surface area (Å²) in [5.74, 6) is 0.587. The number of methoxy groups -OCH3 is 1. The van der Waals surface area contributed by atoms with Crippen molar-refractivity contribution in [2.75, 3.05) is 18.5 Å². The molecule has 2 rings (SSSR count). The van der Waals surface area contributed by atoms with E-state index in [-0.39, 0.29) is 10.0 Å². The number of aromatic nitrogens is 2. The van der Waals surface area contributed by atoms with Crippen molar-refractivity contribution in [3.63, 3.8) is 0 Å². The largest absolute Gasteiger partial charge is 0.494 e. The normalized spacial score (nSPS) is 11.2. The lowest BCUT2D eigenvalue weighted by Crippen LogP contribution is -2.27. The van der Waals surface area contributed by atoms with Crippen LogP contribution in [0.1, 0.15) is 0 Å². The quantitative estimate of drug-likeness (QED) is 0.848. The zero-order valence-electron chi connectivity index (χ0n) is 9.77. The standard InChI is InChI=1S/C10H11N3O3S2/c1-13(9-7-11-4-5-12-9)18(14,15)10-8(16-2)3-6-17-10/h3-7H,1-2H3. The van der Waals surface area contributed by atoms with Gasteiger partial charge in [0.25, 0.3) is 10.0 Å². The molecule has 0 saturated heterocycles. The van der Waals surface area contributed by atoms with Crippen LogP contribution in [0.3, 0.4) is 0 Å². The average molecular weight is 285 g/mol. The highest BCUT2D eigenvalue weighted by molar-refractivity contribution is 7.94. The van der Waals surface area contributed by atoms with Crippen molar-refractivity contribution in [3.8, 4) is 5.75 Å². The van der Waals surface area contributed by atoms with Gasteiger partial charge in [-0.25, -0.2) is 4.98 Å². The van der Waals surface area contributed by atoms with Crippen molar-refractivity contribution < 1.29 is 13.2 Å². The molecular formula is C10H11N3O3S2. The van der Waals surface area contributed by atoms with Gasteiger partial charge in [0.15, 0.2) is 10.0 Å². The van der Waals surface area contributed by atoms with E-state index in [1.54, 1.807) is 11.4 Å². The Morgan fingerprint density at radius 1 is 1.39 bits per heavy atom. The van der Waals surface area contributed by atoms with E-state index in [1.807, 2.05) is 0 Å². The molecule has 0 N–H and O–H groups in total. The number of thiophene rings is 1. The highest BCUT2D eigenvalue weighted by atomic mass is 32.2. The van der Waals surface area contributed by atoms with Crippen LogP contribution >= 0.6 is 11.3 Å². The Hall–Kier alpha value is -1.67. The first-order valence-electron chi connectivity index (χ1n) is 4.94. The number of hydrogen-bond donors (Lipinski definition) is 0. The SMILES string of the molecule is COc1ccsc1S(=O)(=O)N(C)c1cnccn1. The summed E-state index contributed by atoms with van der Waals surface area (Å²) in [5, 5.41) is 1.66. The predicted molar refractivity (Wildman–Crippen MR) is 68.5 cm³/mol. The number of hydrogen-bond acceptors (Lipinski definition) is 6. The lowest BCUT2D eigenvalue weighted by Gasteiger charge is -2.17. The predicted octanol–water partition coefficient (Wildman–Crippen LogP) is 1.37. The van der Waals surface area contributed by atoms with Crippen LogP contribution in [-0.4, -0.2) is 32.5 Å². The van der Waals surface area contributed by atoms with E-state index in [0.29, 0.717) is 5.75 Å². The Labute approximate surface area is 109 Å². The summed E-state index contributed by atoms with van der Waals surface area (Å²) in [4.78, 5) is 7.81. The first kappa shape index (κ1) is 12.8. The molecule has 18 heavy (non-hydrogen) atoms. The minimum absolute atomic E-state index is 0.151. The summed E-state index contributed by atoms with van der Waals surface area (Å²) in [7, 11) is -0.804. The maximum Gasteiger partial charge on any atom is 0.278 e. The van der Waals surface area contributed by atoms with Crippen molar-refractivity contribution in [2.24, 2.45) is 0 Å². The molecule has 6 nitrogen and oxygen atoms in total. The van der Waals surface area contributed by atoms with Crippen LogP contribution in [0.15, 0.2) is 34.2 Å². The summed E-state index contributed by atoms with van der Waals surface area (Å²) in [6, 6.07) is 1.61. The molecule has 0 aromatic carbocycles. The number of sulfonamides is 1. The minimum atomic E-state index is -3.67. The Kier molecular flexibility index (Phi) is 3.48. The monoisotopic (exact) mass is 285 g/mol. The van der Waals surface area contributed by atoms with Gasteiger partial charge in [-0.05, 0) is 11.4 Å². The lowest BCUT2D eigenvalue weighted by atomic mass is 10.6. The van der Waals surface area contributed by atoms with E-state index in [0.717, 1.165) is 15.6 Å². The molecular weight excluding hydrogens is 274 g/mol. The molecule has 0 aliphatic rings. The van der Waals surface area contributed by atoms with Gasteiger partial charge in [0.2, 0.25) is 0 Å². The summed E-state index contributed by atoms with van der Waals surface area (Å²) in [5.41, 5.74) is 0. The molecule has 0 amide bonds. The van der Waals surface area contributed by atoms with E-state index < -0.39 is 10.0 Å². The van der Waals surface area contributed by atoms with Gasteiger partial charge in [-0.15, -0.1) is 11.3 Å². The highest BCUT2D eigenvalue weighted by Gasteiger charge is 2.27. The Morgan fingerprint density at radius 3 is 2.78 bits per heavy atom. The number of rotatable bonds is 4. The van der Waals surface area contributed by atoms with Crippen LogP contribution in [0.4, 0.5) is 5.82 Å². The van der Waals surface area contributed by atoms with E-state index in [2.05, 4.69) is 9.97 Å². The molecule has 0 radical (unpaired) electrons. The van der Waals surface area contributed by atoms with Gasteiger partial charge in [-0.2, -0.15) is 8.42 Å². The highest BCUT2D eigenvalue weighted by Crippen LogP contribution is 2.32. The molecule has 2 aromatic rings. The van der Waals surface area contributed by atoms with Crippen molar-refractivity contribution in [3.05, 3.63) is 30.0 Å². The lowest BCUT2D eigenvalue weighted by molar-refractivity contribution is 0.406. The molecule has 2 aromatic heterocycles. The van der Waals surface area contributed by atoms with Crippen molar-refractivity contribution in [1.82, 2.24) is 9.97 Å². The molecule has 8 heteroatoms. The second kappa shape index (κ2) is 4.91. The molecule has 0 unspecified atom stereocenters. The number of nitrogens with zero attached hydrogens (tertiary/aromatic N) is 3. The molecule has 0 spiro atoms. The molecule has 0 bridgehead atoms. The van der Waals surface area contributed by atoms with Crippen molar-refractivity contribution in [1.29, 1.82) is 0 Å². The van der Waals surface area contributed by atoms with Crippen LogP contribution < -0.4 is 9.04 Å². The fraction of sp³-hybridized carbons (Fsp3) is 0.200. The average Bonchev–Trinajstić information content (AvgIpc) is 2.88. The van der Waals surface area contributed by atoms with E-state index in [4.69, 9.17) is 4.74 Å². The van der Waals surface area contributed by atoms with Gasteiger partial charge in [0.1, 0.15) is 5.75 Å². The molecule has 0 saturated carbocycles. The third-order valence-corrected chi connectivity index (χ3v) is 5.47. The van der Waals surface area contributed by atoms with Gasteiger partial charge in [0.05, 0.1) is 13.3 Å². The number of ether oxygens (including phenoxy) is 1. The van der Waals surface area contributed by atoms with E-state index in [1.165, 1.54) is 32.7 Å². The van der Waals surface area contributed by atoms with Crippen molar-refractivity contribution in [2.45, 2.75) is 4.21 Å². The first-order valence-corrected chi connectivity index (χ1v) is 7.25. The van der Waals surface area contributed by atoms with Gasteiger partial charge >= 0.3 is 0 Å². The Bertz CT molecular complexity index is 625. The van der Waals surface area contributed by atoms with Gasteiger partial charge in [-0.3, -0.25) is 9.29 Å². The van der Waals surface area contributed by atoms with Gasteiger partial charge in [0, 0.05) is 19.4 Å². The van der Waals surface area contributed by atoms with Gasteiger partial charge < -0.3 is 4.74 Å². The summed E-state index contributed by atoms with van der Waals surface area (Å²) < 4.78 is 31.0. The molecule has 96 valence electrons. The Balaban J connectivity index is 2.44. The fourth-order valence-corrected chi connectivity index (χ4v) is 3.89. The molecule has 0 atom stereocenters. The van der Waals surface area contributed by atoms with Crippen LogP contribution in [0.2, 0.25) is 0 Å². The second-order valence-corrected chi connectivity index (χ2v) is 6.39. The fourth-order valence-electron chi connectivity index (χ4n) is 1.32. The minimum Gasteiger partial charge on any atom is -0.494 e. The zero-order valence-corrected chi connectivity index (χ0v) is 11.4. The topological polar surface area (TPSA) is 72.4 Å². The molecule has 2 heterocycles. The van der Waals surface area contributed by atoms with Crippen LogP contribution in [0.5, 0.6) is 5.75 Å².